The van der Waals surface area contributed by atoms with Crippen molar-refractivity contribution >= 4 is 24.7 Å². The third-order valence-electron chi connectivity index (χ3n) is 5.01. The highest BCUT2D eigenvalue weighted by atomic mass is 32.1. The van der Waals surface area contributed by atoms with Gasteiger partial charge >= 0.3 is 12.1 Å². The van der Waals surface area contributed by atoms with Crippen LogP contribution in [-0.4, -0.2) is 30.7 Å². The van der Waals surface area contributed by atoms with Gasteiger partial charge in [0.15, 0.2) is 0 Å². The van der Waals surface area contributed by atoms with E-state index in [9.17, 15) is 9.59 Å². The zero-order valence-electron chi connectivity index (χ0n) is 20.5. The first-order valence-electron chi connectivity index (χ1n) is 12.6. The Hall–Kier alpha value is -1.43. The number of unbranched alkanes of at least 4 members (excludes halogenated alkanes) is 11. The molecule has 0 bridgehead atoms. The summed E-state index contributed by atoms with van der Waals surface area (Å²) in [5, 5.41) is 2.51. The number of thiol groups is 1. The molecule has 0 spiro atoms. The Morgan fingerprint density at radius 3 is 1.84 bits per heavy atom. The molecule has 0 rings (SSSR count). The highest BCUT2D eigenvalue weighted by Gasteiger charge is 2.13. The topological polar surface area (TPSA) is 64.6 Å². The van der Waals surface area contributed by atoms with Crippen LogP contribution in [0.5, 0.6) is 0 Å². The van der Waals surface area contributed by atoms with Crippen LogP contribution < -0.4 is 5.32 Å². The van der Waals surface area contributed by atoms with Gasteiger partial charge in [0, 0.05) is 25.6 Å². The second-order valence-corrected chi connectivity index (χ2v) is 8.56. The Bertz CT molecular complexity index is 508. The largest absolute Gasteiger partial charge is 0.425 e. The zero-order valence-corrected chi connectivity index (χ0v) is 21.4. The van der Waals surface area contributed by atoms with Crippen LogP contribution >= 0.6 is 12.6 Å². The summed E-state index contributed by atoms with van der Waals surface area (Å²) >= 11 is 3.99. The summed E-state index contributed by atoms with van der Waals surface area (Å²) in [5.74, 6) is 0.208. The normalized spacial score (nSPS) is 12.3. The van der Waals surface area contributed by atoms with Crippen LogP contribution in [0.2, 0.25) is 0 Å². The molecule has 0 saturated carbocycles. The number of ether oxygens (including phenoxy) is 2. The summed E-state index contributed by atoms with van der Waals surface area (Å²) in [6.45, 7) is 4.14. The van der Waals surface area contributed by atoms with Crippen molar-refractivity contribution in [1.82, 2.24) is 5.32 Å². The van der Waals surface area contributed by atoms with Crippen molar-refractivity contribution in [2.45, 2.75) is 116 Å². The first-order valence-corrected chi connectivity index (χ1v) is 13.3. The van der Waals surface area contributed by atoms with Gasteiger partial charge in [-0.2, -0.15) is 12.6 Å². The maximum atomic E-state index is 11.8. The molecular formula is C26H47NO4S. The average Bonchev–Trinajstić information content (AvgIpc) is 2.76. The molecule has 0 aromatic heterocycles. The Balaban J connectivity index is 3.38. The fourth-order valence-electron chi connectivity index (χ4n) is 3.26. The summed E-state index contributed by atoms with van der Waals surface area (Å²) in [6, 6.07) is 0. The van der Waals surface area contributed by atoms with E-state index in [1.807, 2.05) is 0 Å². The fourth-order valence-corrected chi connectivity index (χ4v) is 3.37. The highest BCUT2D eigenvalue weighted by molar-refractivity contribution is 7.80. The third kappa shape index (κ3) is 23.2. The number of allylic oxidation sites excluding steroid dienone is 4. The molecule has 1 unspecified atom stereocenters. The molecule has 5 nitrogen and oxygen atoms in total. The summed E-state index contributed by atoms with van der Waals surface area (Å²) < 4.78 is 10.0. The van der Waals surface area contributed by atoms with Crippen molar-refractivity contribution < 1.29 is 19.1 Å². The van der Waals surface area contributed by atoms with E-state index in [2.05, 4.69) is 49.2 Å². The zero-order chi connectivity index (χ0) is 23.7. The molecule has 0 fully saturated rings. The van der Waals surface area contributed by atoms with E-state index >= 15 is 0 Å². The van der Waals surface area contributed by atoms with Gasteiger partial charge in [-0.1, -0.05) is 69.8 Å². The number of carbonyl (C=O) groups excluding carboxylic acids is 2. The van der Waals surface area contributed by atoms with Crippen LogP contribution in [-0.2, 0) is 14.3 Å². The van der Waals surface area contributed by atoms with Crippen molar-refractivity contribution in [2.75, 3.05) is 12.3 Å². The van der Waals surface area contributed by atoms with Gasteiger partial charge < -0.3 is 14.8 Å². The monoisotopic (exact) mass is 469 g/mol. The molecule has 0 aromatic rings. The van der Waals surface area contributed by atoms with Gasteiger partial charge in [-0.05, 0) is 51.4 Å². The second-order valence-electron chi connectivity index (χ2n) is 8.12. The number of hydrogen-bond donors (Lipinski definition) is 2. The van der Waals surface area contributed by atoms with Crippen molar-refractivity contribution in [2.24, 2.45) is 0 Å². The smallest absolute Gasteiger partial charge is 0.410 e. The Morgan fingerprint density at radius 2 is 1.28 bits per heavy atom. The molecular weight excluding hydrogens is 422 g/mol. The minimum atomic E-state index is -0.870. The van der Waals surface area contributed by atoms with Gasteiger partial charge in [0.1, 0.15) is 0 Å². The standard InChI is InChI=1S/C26H47NO4S/c1-3-4-5-6-7-8-9-10-11-12-13-14-15-16-17-18-19-20-21-25(28)30-24(2)31-26(29)27-22-23-32/h4-5,10-11,24,32H,3,6-9,12-23H2,1-2H3,(H,27,29)/b5-4-,11-10-. The molecule has 0 aliphatic heterocycles. The van der Waals surface area contributed by atoms with E-state index in [4.69, 9.17) is 9.47 Å². The first kappa shape index (κ1) is 30.6. The van der Waals surface area contributed by atoms with Crippen LogP contribution in [0.3, 0.4) is 0 Å². The molecule has 0 aromatic carbocycles. The lowest BCUT2D eigenvalue weighted by molar-refractivity contribution is -0.164. The van der Waals surface area contributed by atoms with Gasteiger partial charge in [-0.15, -0.1) is 0 Å². The van der Waals surface area contributed by atoms with Crippen LogP contribution in [0.25, 0.3) is 0 Å². The summed E-state index contributed by atoms with van der Waals surface area (Å²) in [6.07, 6.45) is 24.9. The summed E-state index contributed by atoms with van der Waals surface area (Å²) in [7, 11) is 0. The van der Waals surface area contributed by atoms with Crippen LogP contribution in [0.15, 0.2) is 24.3 Å². The quantitative estimate of drug-likeness (QED) is 0.0600. The van der Waals surface area contributed by atoms with E-state index in [-0.39, 0.29) is 5.97 Å². The molecule has 0 aliphatic rings. The molecule has 186 valence electrons. The number of nitrogens with one attached hydrogen (secondary N) is 1. The van der Waals surface area contributed by atoms with Crippen LogP contribution in [0, 0.1) is 0 Å². The SMILES string of the molecule is CC/C=C\CCCC/C=C\CCCCCCCCCCC(=O)OC(C)OC(=O)NCCS. The summed E-state index contributed by atoms with van der Waals surface area (Å²) in [4.78, 5) is 23.1. The lowest BCUT2D eigenvalue weighted by Crippen LogP contribution is -2.31. The maximum absolute atomic E-state index is 11.8. The fraction of sp³-hybridized carbons (Fsp3) is 0.769. The van der Waals surface area contributed by atoms with E-state index < -0.39 is 12.4 Å². The predicted molar refractivity (Wildman–Crippen MR) is 137 cm³/mol. The van der Waals surface area contributed by atoms with Gasteiger partial charge in [0.25, 0.3) is 0 Å². The minimum Gasteiger partial charge on any atom is -0.425 e. The molecule has 0 heterocycles. The number of rotatable bonds is 21. The number of alkyl carbamates (subject to hydrolysis) is 1. The number of esters is 1. The lowest BCUT2D eigenvalue weighted by atomic mass is 10.1. The molecule has 6 heteroatoms. The molecule has 0 saturated heterocycles. The highest BCUT2D eigenvalue weighted by Crippen LogP contribution is 2.12. The number of amides is 1. The minimum absolute atomic E-state index is 0.319. The number of carbonyl (C=O) groups is 2. The average molecular weight is 470 g/mol. The summed E-state index contributed by atoms with van der Waals surface area (Å²) in [5.41, 5.74) is 0. The maximum Gasteiger partial charge on any atom is 0.410 e. The molecule has 0 radical (unpaired) electrons. The van der Waals surface area contributed by atoms with Crippen molar-refractivity contribution in [3.63, 3.8) is 0 Å². The van der Waals surface area contributed by atoms with Crippen LogP contribution in [0.1, 0.15) is 110 Å². The molecule has 32 heavy (non-hydrogen) atoms. The van der Waals surface area contributed by atoms with Crippen molar-refractivity contribution in [1.29, 1.82) is 0 Å². The molecule has 1 atom stereocenters. The van der Waals surface area contributed by atoms with Crippen LogP contribution in [0.4, 0.5) is 4.79 Å². The Kier molecular flexibility index (Phi) is 23.1. The van der Waals surface area contributed by atoms with E-state index in [0.29, 0.717) is 18.7 Å². The molecule has 1 amide bonds. The molecule has 0 aliphatic carbocycles. The second kappa shape index (κ2) is 24.2. The molecule has 1 N–H and O–H groups in total. The van der Waals surface area contributed by atoms with Gasteiger partial charge in [0.2, 0.25) is 6.29 Å². The van der Waals surface area contributed by atoms with Crippen molar-refractivity contribution in [3.8, 4) is 0 Å². The third-order valence-corrected chi connectivity index (χ3v) is 5.24. The van der Waals surface area contributed by atoms with Crippen molar-refractivity contribution in [3.05, 3.63) is 24.3 Å². The van der Waals surface area contributed by atoms with E-state index in [1.54, 1.807) is 6.92 Å². The first-order chi connectivity index (χ1) is 15.6. The van der Waals surface area contributed by atoms with E-state index in [0.717, 1.165) is 25.7 Å². The lowest BCUT2D eigenvalue weighted by Gasteiger charge is -2.14. The van der Waals surface area contributed by atoms with Gasteiger partial charge in [-0.25, -0.2) is 4.79 Å². The number of hydrogen-bond acceptors (Lipinski definition) is 5. The van der Waals surface area contributed by atoms with Gasteiger partial charge in [0.05, 0.1) is 0 Å². The Morgan fingerprint density at radius 1 is 0.781 bits per heavy atom. The predicted octanol–water partition coefficient (Wildman–Crippen LogP) is 7.52. The Labute approximate surface area is 202 Å². The van der Waals surface area contributed by atoms with Gasteiger partial charge in [-0.3, -0.25) is 4.79 Å². The van der Waals surface area contributed by atoms with E-state index in [1.165, 1.54) is 64.2 Å².